The Labute approximate surface area is 184 Å². The predicted molar refractivity (Wildman–Crippen MR) is 126 cm³/mol. The maximum absolute atomic E-state index is 13.2. The third-order valence-corrected chi connectivity index (χ3v) is 5.62. The normalized spacial score (nSPS) is 12.5. The summed E-state index contributed by atoms with van der Waals surface area (Å²) >= 11 is 0. The molecule has 3 rings (SSSR count). The molecular weight excluding hydrogens is 414 g/mol. The number of nitrogens with one attached hydrogen (secondary N) is 2. The van der Waals surface area contributed by atoms with Crippen molar-refractivity contribution in [3.63, 3.8) is 0 Å². The number of rotatable bonds is 6. The molecule has 1 atom stereocenters. The number of benzene rings is 2. The second-order valence-electron chi connectivity index (χ2n) is 8.36. The zero-order valence-electron chi connectivity index (χ0n) is 18.5. The quantitative estimate of drug-likeness (QED) is 0.560. The molecule has 0 radical (unpaired) electrons. The Hall–Kier alpha value is -3.13. The number of hydrogen-bond donors (Lipinski definition) is 2. The number of carbonyl (C=O) groups is 2. The lowest BCUT2D eigenvalue weighted by molar-refractivity contribution is 0.101. The van der Waals surface area contributed by atoms with Gasteiger partial charge in [0.1, 0.15) is 16.7 Å². The van der Waals surface area contributed by atoms with Crippen LogP contribution < -0.4 is 14.8 Å². The van der Waals surface area contributed by atoms with E-state index in [0.29, 0.717) is 33.9 Å². The van der Waals surface area contributed by atoms with Crippen LogP contribution in [-0.2, 0) is 23.4 Å². The van der Waals surface area contributed by atoms with Crippen LogP contribution in [-0.4, -0.2) is 34.3 Å². The van der Waals surface area contributed by atoms with Gasteiger partial charge in [-0.05, 0) is 35.2 Å². The molecule has 1 amide bonds. The van der Waals surface area contributed by atoms with Crippen molar-refractivity contribution in [3.8, 4) is 5.75 Å². The van der Waals surface area contributed by atoms with Crippen LogP contribution in [0.2, 0.25) is 0 Å². The number of aromatic nitrogens is 1. The molecule has 2 N–H and O–H groups in total. The van der Waals surface area contributed by atoms with Crippen molar-refractivity contribution in [2.45, 2.75) is 26.2 Å². The Balaban J connectivity index is 2.10. The van der Waals surface area contributed by atoms with Gasteiger partial charge in [0, 0.05) is 24.3 Å². The van der Waals surface area contributed by atoms with E-state index in [2.05, 4.69) is 30.8 Å². The van der Waals surface area contributed by atoms with Gasteiger partial charge < -0.3 is 19.3 Å². The summed E-state index contributed by atoms with van der Waals surface area (Å²) in [7, 11) is 1.93. The van der Waals surface area contributed by atoms with E-state index in [1.54, 1.807) is 29.8 Å². The molecule has 0 aliphatic rings. The summed E-state index contributed by atoms with van der Waals surface area (Å²) in [4.78, 5) is 24.6. The molecule has 7 nitrogen and oxygen atoms in total. The number of para-hydroxylation sites is 1. The highest BCUT2D eigenvalue weighted by atomic mass is 32.2. The number of methoxy groups -OCH3 is 1. The summed E-state index contributed by atoms with van der Waals surface area (Å²) < 4.78 is 22.0. The maximum Gasteiger partial charge on any atom is 0.272 e. The molecule has 164 valence electrons. The molecular formula is C23H27N3O4S. The summed E-state index contributed by atoms with van der Waals surface area (Å²) in [6.45, 7) is 6.16. The predicted octanol–water partition coefficient (Wildman–Crippen LogP) is 4.25. The molecule has 0 spiro atoms. The fourth-order valence-electron chi connectivity index (χ4n) is 3.55. The second-order valence-corrected chi connectivity index (χ2v) is 9.47. The van der Waals surface area contributed by atoms with Crippen molar-refractivity contribution in [2.75, 3.05) is 23.4 Å². The standard InChI is InChI=1S/C23H27N3O4S/c1-23(2,3)16-11-17(21(30-5)18(12-16)25-31(6)29)24-22(28)19-10-14-8-7-9-15(13-27)20(14)26(19)4/h7-13,25H,1-6H3,(H,24,28). The number of hydrogen-bond acceptors (Lipinski definition) is 4. The number of amides is 1. The minimum absolute atomic E-state index is 0.212. The van der Waals surface area contributed by atoms with E-state index in [4.69, 9.17) is 4.74 Å². The van der Waals surface area contributed by atoms with Crippen molar-refractivity contribution in [1.29, 1.82) is 0 Å². The SMILES string of the molecule is COc1c(NC(=O)c2cc3cccc(C=O)c3n2C)cc(C(C)(C)C)cc1NS(C)=O. The van der Waals surface area contributed by atoms with Crippen LogP contribution in [0.25, 0.3) is 10.9 Å². The van der Waals surface area contributed by atoms with Gasteiger partial charge in [-0.1, -0.05) is 32.9 Å². The lowest BCUT2D eigenvalue weighted by atomic mass is 9.86. The van der Waals surface area contributed by atoms with Gasteiger partial charge in [0.05, 0.1) is 24.0 Å². The molecule has 0 aliphatic heterocycles. The Morgan fingerprint density at radius 2 is 1.84 bits per heavy atom. The largest absolute Gasteiger partial charge is 0.492 e. The summed E-state index contributed by atoms with van der Waals surface area (Å²) in [5, 5.41) is 3.73. The first kappa shape index (κ1) is 22.6. The van der Waals surface area contributed by atoms with Crippen LogP contribution in [0.4, 0.5) is 11.4 Å². The average molecular weight is 442 g/mol. The monoisotopic (exact) mass is 441 g/mol. The van der Waals surface area contributed by atoms with Gasteiger partial charge in [-0.2, -0.15) is 0 Å². The van der Waals surface area contributed by atoms with Gasteiger partial charge in [0.15, 0.2) is 12.0 Å². The van der Waals surface area contributed by atoms with E-state index in [0.717, 1.165) is 17.2 Å². The number of aldehydes is 1. The number of ether oxygens (including phenoxy) is 1. The molecule has 8 heteroatoms. The highest BCUT2D eigenvalue weighted by molar-refractivity contribution is 7.85. The molecule has 0 saturated heterocycles. The minimum Gasteiger partial charge on any atom is -0.492 e. The number of carbonyl (C=O) groups excluding carboxylic acids is 2. The Morgan fingerprint density at radius 1 is 1.16 bits per heavy atom. The van der Waals surface area contributed by atoms with Crippen LogP contribution in [0.3, 0.4) is 0 Å². The Bertz CT molecular complexity index is 1190. The molecule has 31 heavy (non-hydrogen) atoms. The first-order chi connectivity index (χ1) is 14.6. The highest BCUT2D eigenvalue weighted by Gasteiger charge is 2.23. The lowest BCUT2D eigenvalue weighted by Crippen LogP contribution is -2.19. The molecule has 2 aromatic carbocycles. The third kappa shape index (κ3) is 4.49. The van der Waals surface area contributed by atoms with Gasteiger partial charge >= 0.3 is 0 Å². The summed E-state index contributed by atoms with van der Waals surface area (Å²) in [5.74, 6) is 0.0485. The number of anilines is 2. The summed E-state index contributed by atoms with van der Waals surface area (Å²) in [6.07, 6.45) is 2.31. The molecule has 1 aromatic heterocycles. The molecule has 0 aliphatic carbocycles. The fraction of sp³-hybridized carbons (Fsp3) is 0.304. The van der Waals surface area contributed by atoms with Crippen molar-refractivity contribution >= 4 is 45.5 Å². The van der Waals surface area contributed by atoms with Crippen LogP contribution in [0, 0.1) is 0 Å². The van der Waals surface area contributed by atoms with E-state index >= 15 is 0 Å². The van der Waals surface area contributed by atoms with E-state index in [9.17, 15) is 13.8 Å². The topological polar surface area (TPSA) is 89.4 Å². The Morgan fingerprint density at radius 3 is 2.42 bits per heavy atom. The zero-order valence-corrected chi connectivity index (χ0v) is 19.3. The van der Waals surface area contributed by atoms with E-state index in [1.807, 2.05) is 18.2 Å². The molecule has 0 saturated carbocycles. The van der Waals surface area contributed by atoms with Crippen LogP contribution in [0.15, 0.2) is 36.4 Å². The first-order valence-electron chi connectivity index (χ1n) is 9.74. The van der Waals surface area contributed by atoms with Crippen molar-refractivity contribution in [3.05, 3.63) is 53.2 Å². The van der Waals surface area contributed by atoms with Gasteiger partial charge in [0.25, 0.3) is 5.91 Å². The summed E-state index contributed by atoms with van der Waals surface area (Å²) in [5.41, 5.74) is 3.35. The molecule has 3 aromatic rings. The van der Waals surface area contributed by atoms with Crippen LogP contribution >= 0.6 is 0 Å². The van der Waals surface area contributed by atoms with Crippen LogP contribution in [0.1, 0.15) is 47.2 Å². The Kier molecular flexibility index (Phi) is 6.22. The molecule has 0 fully saturated rings. The van der Waals surface area contributed by atoms with Crippen molar-refractivity contribution in [1.82, 2.24) is 4.57 Å². The maximum atomic E-state index is 13.2. The van der Waals surface area contributed by atoms with Gasteiger partial charge in [-0.3, -0.25) is 9.59 Å². The number of aryl methyl sites for hydroxylation is 1. The molecule has 1 unspecified atom stereocenters. The van der Waals surface area contributed by atoms with E-state index < -0.39 is 11.0 Å². The molecule has 0 bridgehead atoms. The summed E-state index contributed by atoms with van der Waals surface area (Å²) in [6, 6.07) is 10.8. The number of fused-ring (bicyclic) bond motifs is 1. The van der Waals surface area contributed by atoms with Gasteiger partial charge in [0.2, 0.25) is 0 Å². The van der Waals surface area contributed by atoms with E-state index in [1.165, 1.54) is 13.4 Å². The minimum atomic E-state index is -1.32. The first-order valence-corrected chi connectivity index (χ1v) is 11.3. The second kappa shape index (κ2) is 8.55. The smallest absolute Gasteiger partial charge is 0.272 e. The number of nitrogens with zero attached hydrogens (tertiary/aromatic N) is 1. The van der Waals surface area contributed by atoms with Crippen molar-refractivity contribution < 1.29 is 18.5 Å². The fourth-order valence-corrected chi connectivity index (χ4v) is 4.01. The van der Waals surface area contributed by atoms with Gasteiger partial charge in [-0.25, -0.2) is 4.21 Å². The average Bonchev–Trinajstić information content (AvgIpc) is 3.03. The highest BCUT2D eigenvalue weighted by Crippen LogP contribution is 2.39. The van der Waals surface area contributed by atoms with Crippen molar-refractivity contribution in [2.24, 2.45) is 7.05 Å². The molecule has 1 heterocycles. The zero-order chi connectivity index (χ0) is 22.9. The lowest BCUT2D eigenvalue weighted by Gasteiger charge is -2.23. The van der Waals surface area contributed by atoms with Gasteiger partial charge in [-0.15, -0.1) is 0 Å². The van der Waals surface area contributed by atoms with Crippen LogP contribution in [0.5, 0.6) is 5.75 Å². The van der Waals surface area contributed by atoms with E-state index in [-0.39, 0.29) is 11.3 Å². The third-order valence-electron chi connectivity index (χ3n) is 5.11.